The predicted molar refractivity (Wildman–Crippen MR) is 62.1 cm³/mol. The average Bonchev–Trinajstić information content (AvgIpc) is 3.03. The van der Waals surface area contributed by atoms with Gasteiger partial charge in [0, 0.05) is 6.04 Å². The molecule has 1 fully saturated rings. The van der Waals surface area contributed by atoms with Crippen molar-refractivity contribution in [1.29, 1.82) is 0 Å². The van der Waals surface area contributed by atoms with Crippen LogP contribution in [0.2, 0.25) is 0 Å². The molecule has 0 radical (unpaired) electrons. The van der Waals surface area contributed by atoms with Gasteiger partial charge in [0.25, 0.3) is 0 Å². The van der Waals surface area contributed by atoms with Crippen molar-refractivity contribution < 1.29 is 4.42 Å². The molecular formula is C11H20N4O. The highest BCUT2D eigenvalue weighted by Gasteiger charge is 2.28. The minimum atomic E-state index is 0.442. The molecule has 0 aromatic carbocycles. The third kappa shape index (κ3) is 3.20. The van der Waals surface area contributed by atoms with E-state index >= 15 is 0 Å². The molecule has 2 N–H and O–H groups in total. The molecule has 1 aliphatic rings. The van der Waals surface area contributed by atoms with Crippen molar-refractivity contribution in [1.82, 2.24) is 15.5 Å². The van der Waals surface area contributed by atoms with Crippen LogP contribution < -0.4 is 10.6 Å². The van der Waals surface area contributed by atoms with Crippen LogP contribution in [0.4, 0.5) is 6.01 Å². The maximum Gasteiger partial charge on any atom is 0.315 e. The molecule has 0 spiro atoms. The molecule has 1 aliphatic carbocycles. The van der Waals surface area contributed by atoms with Crippen molar-refractivity contribution in [2.75, 3.05) is 11.9 Å². The maximum absolute atomic E-state index is 5.48. The van der Waals surface area contributed by atoms with E-state index in [2.05, 4.69) is 34.7 Å². The second-order valence-electron chi connectivity index (χ2n) is 4.45. The first-order valence-corrected chi connectivity index (χ1v) is 6.09. The number of nitrogens with one attached hydrogen (secondary N) is 2. The van der Waals surface area contributed by atoms with Crippen LogP contribution in [0.5, 0.6) is 0 Å². The minimum absolute atomic E-state index is 0.442. The fourth-order valence-corrected chi connectivity index (χ4v) is 1.66. The summed E-state index contributed by atoms with van der Waals surface area (Å²) in [5.41, 5.74) is 0. The van der Waals surface area contributed by atoms with Gasteiger partial charge in [0.1, 0.15) is 0 Å². The lowest BCUT2D eigenvalue weighted by molar-refractivity contribution is 0.471. The fraction of sp³-hybridized carbons (Fsp3) is 0.818. The normalized spacial score (nSPS) is 17.4. The molecule has 5 heteroatoms. The van der Waals surface area contributed by atoms with Crippen LogP contribution in [0.25, 0.3) is 0 Å². The maximum atomic E-state index is 5.48. The standard InChI is InChI=1S/C11H20N4O/c1-3-6-12-7-10-14-15-11(16-10)13-8(2)9-4-5-9/h8-9,12H,3-7H2,1-2H3,(H,13,15). The third-order valence-corrected chi connectivity index (χ3v) is 2.85. The van der Waals surface area contributed by atoms with Crippen molar-refractivity contribution in [3.8, 4) is 0 Å². The summed E-state index contributed by atoms with van der Waals surface area (Å²) in [4.78, 5) is 0. The van der Waals surface area contributed by atoms with E-state index in [1.807, 2.05) is 0 Å². The van der Waals surface area contributed by atoms with Crippen molar-refractivity contribution >= 4 is 6.01 Å². The highest BCUT2D eigenvalue weighted by atomic mass is 16.4. The van der Waals surface area contributed by atoms with Gasteiger partial charge in [-0.2, -0.15) is 0 Å². The lowest BCUT2D eigenvalue weighted by Crippen LogP contribution is -2.17. The molecule has 1 aromatic heterocycles. The molecule has 1 atom stereocenters. The zero-order chi connectivity index (χ0) is 11.4. The number of hydrogen-bond donors (Lipinski definition) is 2. The molecule has 16 heavy (non-hydrogen) atoms. The topological polar surface area (TPSA) is 63.0 Å². The van der Waals surface area contributed by atoms with E-state index in [4.69, 9.17) is 4.42 Å². The molecule has 2 rings (SSSR count). The quantitative estimate of drug-likeness (QED) is 0.691. The Morgan fingerprint density at radius 2 is 2.25 bits per heavy atom. The van der Waals surface area contributed by atoms with E-state index in [0.29, 0.717) is 24.5 Å². The fourth-order valence-electron chi connectivity index (χ4n) is 1.66. The third-order valence-electron chi connectivity index (χ3n) is 2.85. The van der Waals surface area contributed by atoms with Crippen molar-refractivity contribution in [3.63, 3.8) is 0 Å². The van der Waals surface area contributed by atoms with Crippen LogP contribution in [0, 0.1) is 5.92 Å². The number of aromatic nitrogens is 2. The van der Waals surface area contributed by atoms with Crippen molar-refractivity contribution in [2.45, 2.75) is 45.7 Å². The van der Waals surface area contributed by atoms with Gasteiger partial charge in [0.15, 0.2) is 0 Å². The molecular weight excluding hydrogens is 204 g/mol. The van der Waals surface area contributed by atoms with Crippen LogP contribution in [-0.2, 0) is 6.54 Å². The van der Waals surface area contributed by atoms with Crippen LogP contribution in [0.15, 0.2) is 4.42 Å². The Balaban J connectivity index is 1.77. The van der Waals surface area contributed by atoms with Gasteiger partial charge in [-0.1, -0.05) is 12.0 Å². The first-order valence-electron chi connectivity index (χ1n) is 6.09. The second kappa shape index (κ2) is 5.30. The monoisotopic (exact) mass is 224 g/mol. The van der Waals surface area contributed by atoms with E-state index in [1.165, 1.54) is 12.8 Å². The summed E-state index contributed by atoms with van der Waals surface area (Å²) in [6.07, 6.45) is 3.73. The van der Waals surface area contributed by atoms with Gasteiger partial charge in [0.2, 0.25) is 5.89 Å². The molecule has 1 unspecified atom stereocenters. The highest BCUT2D eigenvalue weighted by Crippen LogP contribution is 2.33. The van der Waals surface area contributed by atoms with E-state index in [0.717, 1.165) is 18.9 Å². The Kier molecular flexibility index (Phi) is 3.77. The zero-order valence-corrected chi connectivity index (χ0v) is 9.99. The van der Waals surface area contributed by atoms with Crippen molar-refractivity contribution in [3.05, 3.63) is 5.89 Å². The van der Waals surface area contributed by atoms with Gasteiger partial charge in [0.05, 0.1) is 6.54 Å². The van der Waals surface area contributed by atoms with Gasteiger partial charge in [-0.05, 0) is 38.6 Å². The molecule has 0 amide bonds. The second-order valence-corrected chi connectivity index (χ2v) is 4.45. The van der Waals surface area contributed by atoms with Gasteiger partial charge in [-0.15, -0.1) is 5.10 Å². The van der Waals surface area contributed by atoms with Crippen LogP contribution >= 0.6 is 0 Å². The molecule has 0 aliphatic heterocycles. The highest BCUT2D eigenvalue weighted by molar-refractivity contribution is 5.20. The number of nitrogens with zero attached hydrogens (tertiary/aromatic N) is 2. The van der Waals surface area contributed by atoms with Gasteiger partial charge < -0.3 is 15.1 Å². The number of anilines is 1. The van der Waals surface area contributed by atoms with Gasteiger partial charge >= 0.3 is 6.01 Å². The van der Waals surface area contributed by atoms with E-state index in [-0.39, 0.29) is 0 Å². The van der Waals surface area contributed by atoms with Gasteiger partial charge in [-0.25, -0.2) is 0 Å². The molecule has 0 saturated heterocycles. The molecule has 5 nitrogen and oxygen atoms in total. The Hall–Kier alpha value is -1.10. The smallest absolute Gasteiger partial charge is 0.315 e. The zero-order valence-electron chi connectivity index (χ0n) is 9.99. The Morgan fingerprint density at radius 3 is 2.94 bits per heavy atom. The van der Waals surface area contributed by atoms with Crippen molar-refractivity contribution in [2.24, 2.45) is 5.92 Å². The first kappa shape index (κ1) is 11.4. The van der Waals surface area contributed by atoms with E-state index in [1.54, 1.807) is 0 Å². The lowest BCUT2D eigenvalue weighted by Gasteiger charge is -2.08. The molecule has 1 aromatic rings. The van der Waals surface area contributed by atoms with E-state index in [9.17, 15) is 0 Å². The van der Waals surface area contributed by atoms with Crippen LogP contribution in [-0.4, -0.2) is 22.8 Å². The summed E-state index contributed by atoms with van der Waals surface area (Å²) in [6, 6.07) is 0.990. The first-order chi connectivity index (χ1) is 7.79. The SMILES string of the molecule is CCCNCc1nnc(NC(C)C2CC2)o1. The Labute approximate surface area is 96.0 Å². The Bertz CT molecular complexity index is 322. The van der Waals surface area contributed by atoms with E-state index < -0.39 is 0 Å². The average molecular weight is 224 g/mol. The summed E-state index contributed by atoms with van der Waals surface area (Å²) in [5.74, 6) is 1.44. The predicted octanol–water partition coefficient (Wildman–Crippen LogP) is 1.78. The summed E-state index contributed by atoms with van der Waals surface area (Å²) in [5, 5.41) is 14.4. The summed E-state index contributed by atoms with van der Waals surface area (Å²) in [7, 11) is 0. The number of rotatable bonds is 7. The van der Waals surface area contributed by atoms with Gasteiger partial charge in [-0.3, -0.25) is 0 Å². The summed E-state index contributed by atoms with van der Waals surface area (Å²) >= 11 is 0. The summed E-state index contributed by atoms with van der Waals surface area (Å²) in [6.45, 7) is 5.92. The molecule has 90 valence electrons. The van der Waals surface area contributed by atoms with Crippen LogP contribution in [0.1, 0.15) is 39.0 Å². The molecule has 1 saturated carbocycles. The Morgan fingerprint density at radius 1 is 1.44 bits per heavy atom. The molecule has 1 heterocycles. The largest absolute Gasteiger partial charge is 0.407 e. The minimum Gasteiger partial charge on any atom is -0.407 e. The lowest BCUT2D eigenvalue weighted by atomic mass is 10.2. The number of hydrogen-bond acceptors (Lipinski definition) is 5. The van der Waals surface area contributed by atoms with Crippen LogP contribution in [0.3, 0.4) is 0 Å². The molecule has 0 bridgehead atoms. The summed E-state index contributed by atoms with van der Waals surface area (Å²) < 4.78 is 5.48.